The molecule has 1 aliphatic rings. The van der Waals surface area contributed by atoms with Crippen molar-refractivity contribution in [3.05, 3.63) is 33.4 Å². The number of aliphatic carboxylic acids is 1. The van der Waals surface area contributed by atoms with Gasteiger partial charge in [0, 0.05) is 15.7 Å². The van der Waals surface area contributed by atoms with E-state index in [1.807, 2.05) is 12.1 Å². The highest BCUT2D eigenvalue weighted by Gasteiger charge is 2.34. The van der Waals surface area contributed by atoms with Crippen molar-refractivity contribution in [3.8, 4) is 0 Å². The molecule has 1 heterocycles. The van der Waals surface area contributed by atoms with Crippen molar-refractivity contribution in [2.75, 3.05) is 6.54 Å². The Morgan fingerprint density at radius 3 is 2.53 bits per heavy atom. The summed E-state index contributed by atoms with van der Waals surface area (Å²) < 4.78 is 1.05. The van der Waals surface area contributed by atoms with E-state index in [4.69, 9.17) is 5.11 Å². The van der Waals surface area contributed by atoms with E-state index in [0.717, 1.165) is 9.99 Å². The average molecular weight is 345 g/mol. The predicted octanol–water partition coefficient (Wildman–Crippen LogP) is 1.98. The lowest BCUT2D eigenvalue weighted by molar-refractivity contribution is -0.141. The number of rotatable bonds is 2. The highest BCUT2D eigenvalue weighted by atomic mass is 127. The molecule has 1 aromatic carbocycles. The lowest BCUT2D eigenvalue weighted by Crippen LogP contribution is -2.40. The van der Waals surface area contributed by atoms with Gasteiger partial charge in [0.25, 0.3) is 5.91 Å². The van der Waals surface area contributed by atoms with Gasteiger partial charge in [-0.2, -0.15) is 0 Å². The summed E-state index contributed by atoms with van der Waals surface area (Å²) in [6.45, 7) is 0.530. The van der Waals surface area contributed by atoms with Gasteiger partial charge in [-0.05, 0) is 59.7 Å². The Morgan fingerprint density at radius 2 is 1.94 bits per heavy atom. The summed E-state index contributed by atoms with van der Waals surface area (Å²) in [6.07, 6.45) is 1.30. The number of nitrogens with zero attached hydrogens (tertiary/aromatic N) is 1. The number of likely N-dealkylation sites (tertiary alicyclic amines) is 1. The third kappa shape index (κ3) is 2.59. The maximum Gasteiger partial charge on any atom is 0.326 e. The molecular formula is C12H12INO3. The van der Waals surface area contributed by atoms with Crippen molar-refractivity contribution in [1.29, 1.82) is 0 Å². The minimum absolute atomic E-state index is 0.189. The smallest absolute Gasteiger partial charge is 0.326 e. The highest BCUT2D eigenvalue weighted by molar-refractivity contribution is 14.1. The normalized spacial score (nSPS) is 19.4. The Morgan fingerprint density at radius 1 is 1.29 bits per heavy atom. The number of hydrogen-bond acceptors (Lipinski definition) is 2. The molecule has 1 atom stereocenters. The Labute approximate surface area is 113 Å². The quantitative estimate of drug-likeness (QED) is 0.834. The molecule has 1 saturated heterocycles. The van der Waals surface area contributed by atoms with Crippen molar-refractivity contribution in [2.45, 2.75) is 18.9 Å². The molecule has 1 aliphatic heterocycles. The van der Waals surface area contributed by atoms with Crippen LogP contribution in [0.25, 0.3) is 0 Å². The molecule has 4 nitrogen and oxygen atoms in total. The van der Waals surface area contributed by atoms with Gasteiger partial charge in [-0.15, -0.1) is 0 Å². The van der Waals surface area contributed by atoms with Crippen LogP contribution in [0, 0.1) is 3.57 Å². The zero-order valence-corrected chi connectivity index (χ0v) is 11.3. The van der Waals surface area contributed by atoms with Crippen LogP contribution < -0.4 is 0 Å². The molecule has 1 fully saturated rings. The van der Waals surface area contributed by atoms with Crippen molar-refractivity contribution >= 4 is 34.5 Å². The summed E-state index contributed by atoms with van der Waals surface area (Å²) in [5, 5.41) is 9.03. The third-order valence-electron chi connectivity index (χ3n) is 2.89. The number of carboxylic acid groups (broad SMARTS) is 1. The molecular weight excluding hydrogens is 333 g/mol. The van der Waals surface area contributed by atoms with E-state index in [1.165, 1.54) is 4.90 Å². The maximum atomic E-state index is 12.1. The molecule has 0 bridgehead atoms. The first kappa shape index (κ1) is 12.3. The van der Waals surface area contributed by atoms with Crippen LogP contribution in [-0.2, 0) is 4.79 Å². The Bertz CT molecular complexity index is 444. The zero-order chi connectivity index (χ0) is 12.4. The fourth-order valence-electron chi connectivity index (χ4n) is 2.02. The van der Waals surface area contributed by atoms with E-state index in [-0.39, 0.29) is 5.91 Å². The van der Waals surface area contributed by atoms with Crippen LogP contribution >= 0.6 is 22.6 Å². The summed E-state index contributed by atoms with van der Waals surface area (Å²) in [4.78, 5) is 24.6. The van der Waals surface area contributed by atoms with Gasteiger partial charge in [0.2, 0.25) is 0 Å². The summed E-state index contributed by atoms with van der Waals surface area (Å²) in [7, 11) is 0. The molecule has 17 heavy (non-hydrogen) atoms. The molecule has 0 aromatic heterocycles. The monoisotopic (exact) mass is 345 g/mol. The van der Waals surface area contributed by atoms with Gasteiger partial charge in [0.1, 0.15) is 6.04 Å². The first-order chi connectivity index (χ1) is 8.09. The Kier molecular flexibility index (Phi) is 3.66. The van der Waals surface area contributed by atoms with Gasteiger partial charge in [0.05, 0.1) is 0 Å². The van der Waals surface area contributed by atoms with Crippen LogP contribution in [0.1, 0.15) is 23.2 Å². The van der Waals surface area contributed by atoms with Crippen molar-refractivity contribution in [3.63, 3.8) is 0 Å². The molecule has 1 N–H and O–H groups in total. The minimum Gasteiger partial charge on any atom is -0.480 e. The summed E-state index contributed by atoms with van der Waals surface area (Å²) in [5.41, 5.74) is 0.554. The van der Waals surface area contributed by atoms with E-state index in [0.29, 0.717) is 18.5 Å². The van der Waals surface area contributed by atoms with Crippen LogP contribution in [0.4, 0.5) is 0 Å². The average Bonchev–Trinajstić information content (AvgIpc) is 2.78. The molecule has 0 aliphatic carbocycles. The molecule has 1 aromatic rings. The summed E-state index contributed by atoms with van der Waals surface area (Å²) in [6, 6.07) is 6.50. The number of carbonyl (C=O) groups is 2. The van der Waals surface area contributed by atoms with E-state index in [9.17, 15) is 9.59 Å². The second-order valence-corrected chi connectivity index (χ2v) is 5.25. The third-order valence-corrected chi connectivity index (χ3v) is 3.61. The predicted molar refractivity (Wildman–Crippen MR) is 70.9 cm³/mol. The second-order valence-electron chi connectivity index (χ2n) is 4.00. The lowest BCUT2D eigenvalue weighted by Gasteiger charge is -2.21. The molecule has 5 heteroatoms. The van der Waals surface area contributed by atoms with Crippen LogP contribution in [0.5, 0.6) is 0 Å². The number of halogens is 1. The molecule has 0 radical (unpaired) electrons. The minimum atomic E-state index is -0.915. The van der Waals surface area contributed by atoms with E-state index >= 15 is 0 Å². The first-order valence-electron chi connectivity index (χ1n) is 5.39. The van der Waals surface area contributed by atoms with Gasteiger partial charge >= 0.3 is 5.97 Å². The van der Waals surface area contributed by atoms with Crippen LogP contribution in [0.15, 0.2) is 24.3 Å². The van der Waals surface area contributed by atoms with Gasteiger partial charge in [0.15, 0.2) is 0 Å². The molecule has 2 rings (SSSR count). The molecule has 0 unspecified atom stereocenters. The zero-order valence-electron chi connectivity index (χ0n) is 9.10. The van der Waals surface area contributed by atoms with Crippen LogP contribution in [0.3, 0.4) is 0 Å². The number of carboxylic acids is 1. The standard InChI is InChI=1S/C12H12INO3/c13-9-5-3-8(4-6-9)11(15)14-7-1-2-10(14)12(16)17/h3-6,10H,1-2,7H2,(H,16,17)/t10-/m1/s1. The van der Waals surface area contributed by atoms with Gasteiger partial charge in [-0.1, -0.05) is 0 Å². The number of benzene rings is 1. The number of carbonyl (C=O) groups excluding carboxylic acids is 1. The molecule has 90 valence electrons. The van der Waals surface area contributed by atoms with Crippen molar-refractivity contribution in [1.82, 2.24) is 4.90 Å². The largest absolute Gasteiger partial charge is 0.480 e. The molecule has 0 spiro atoms. The Hall–Kier alpha value is -1.11. The fourth-order valence-corrected chi connectivity index (χ4v) is 2.38. The molecule has 0 saturated carbocycles. The topological polar surface area (TPSA) is 57.6 Å². The summed E-state index contributed by atoms with van der Waals surface area (Å²) in [5.74, 6) is -1.10. The van der Waals surface area contributed by atoms with Crippen LogP contribution in [-0.4, -0.2) is 34.5 Å². The van der Waals surface area contributed by atoms with E-state index in [2.05, 4.69) is 22.6 Å². The van der Waals surface area contributed by atoms with Crippen molar-refractivity contribution < 1.29 is 14.7 Å². The molecule has 1 amide bonds. The van der Waals surface area contributed by atoms with Gasteiger partial charge in [-0.3, -0.25) is 4.79 Å². The fraction of sp³-hybridized carbons (Fsp3) is 0.333. The first-order valence-corrected chi connectivity index (χ1v) is 6.47. The SMILES string of the molecule is O=C(O)[C@H]1CCCN1C(=O)c1ccc(I)cc1. The summed E-state index contributed by atoms with van der Waals surface area (Å²) >= 11 is 2.16. The Balaban J connectivity index is 2.19. The number of amides is 1. The van der Waals surface area contributed by atoms with E-state index < -0.39 is 12.0 Å². The van der Waals surface area contributed by atoms with Gasteiger partial charge < -0.3 is 10.0 Å². The van der Waals surface area contributed by atoms with Gasteiger partial charge in [-0.25, -0.2) is 4.79 Å². The van der Waals surface area contributed by atoms with E-state index in [1.54, 1.807) is 12.1 Å². The van der Waals surface area contributed by atoms with Crippen LogP contribution in [0.2, 0.25) is 0 Å². The van der Waals surface area contributed by atoms with Crippen molar-refractivity contribution in [2.24, 2.45) is 0 Å². The highest BCUT2D eigenvalue weighted by Crippen LogP contribution is 2.20. The maximum absolute atomic E-state index is 12.1. The second kappa shape index (κ2) is 5.03. The lowest BCUT2D eigenvalue weighted by atomic mass is 10.1. The number of hydrogen-bond donors (Lipinski definition) is 1.